The number of hydrogen-bond donors (Lipinski definition) is 0. The minimum atomic E-state index is 0.613. The van der Waals surface area contributed by atoms with E-state index >= 15 is 0 Å². The molecule has 0 unspecified atom stereocenters. The van der Waals surface area contributed by atoms with Gasteiger partial charge in [0.15, 0.2) is 17.5 Å². The molecule has 0 amide bonds. The van der Waals surface area contributed by atoms with Gasteiger partial charge in [-0.25, -0.2) is 15.0 Å². The van der Waals surface area contributed by atoms with Crippen LogP contribution in [0.25, 0.3) is 100 Å². The first-order valence-electron chi connectivity index (χ1n) is 16.6. The fourth-order valence-electron chi connectivity index (χ4n) is 6.81. The zero-order valence-electron chi connectivity index (χ0n) is 26.7. The summed E-state index contributed by atoms with van der Waals surface area (Å²) < 4.78 is 12.5. The van der Waals surface area contributed by atoms with E-state index in [0.29, 0.717) is 17.5 Å². The summed E-state index contributed by atoms with van der Waals surface area (Å²) in [5.41, 5.74) is 10.5. The van der Waals surface area contributed by atoms with Gasteiger partial charge in [-0.3, -0.25) is 0 Å². The van der Waals surface area contributed by atoms with Gasteiger partial charge >= 0.3 is 0 Å². The smallest absolute Gasteiger partial charge is 0.164 e. The van der Waals surface area contributed by atoms with E-state index in [4.69, 9.17) is 23.8 Å². The number of fused-ring (bicyclic) bond motifs is 6. The van der Waals surface area contributed by atoms with Crippen LogP contribution in [0.3, 0.4) is 0 Å². The van der Waals surface area contributed by atoms with E-state index in [1.54, 1.807) is 0 Å². The zero-order valence-corrected chi connectivity index (χ0v) is 26.7. The van der Waals surface area contributed by atoms with E-state index in [1.807, 2.05) is 66.7 Å². The van der Waals surface area contributed by atoms with Crippen LogP contribution in [0, 0.1) is 0 Å². The molecule has 3 heterocycles. The maximum atomic E-state index is 6.41. The lowest BCUT2D eigenvalue weighted by Crippen LogP contribution is -2.00. The molecule has 0 aliphatic heterocycles. The molecule has 5 nitrogen and oxygen atoms in total. The highest BCUT2D eigenvalue weighted by Gasteiger charge is 2.16. The van der Waals surface area contributed by atoms with Gasteiger partial charge in [-0.05, 0) is 52.6 Å². The van der Waals surface area contributed by atoms with Gasteiger partial charge in [-0.1, -0.05) is 127 Å². The van der Waals surface area contributed by atoms with Crippen LogP contribution in [-0.2, 0) is 0 Å². The SMILES string of the molecule is c1ccc(-c2ccc(-c3nc(-c4ccccc4)nc(-c4cccc(-c5ccc6c(c5)oc5cc7oc8ccccc8c7cc56)c4)n3)cc2)cc1. The van der Waals surface area contributed by atoms with Crippen molar-refractivity contribution in [3.63, 3.8) is 0 Å². The van der Waals surface area contributed by atoms with Crippen molar-refractivity contribution in [3.8, 4) is 56.4 Å². The first-order chi connectivity index (χ1) is 24.7. The summed E-state index contributed by atoms with van der Waals surface area (Å²) in [5, 5.41) is 4.34. The Kier molecular flexibility index (Phi) is 6.42. The Bertz CT molecular complexity index is 2850. The summed E-state index contributed by atoms with van der Waals surface area (Å²) >= 11 is 0. The Balaban J connectivity index is 1.05. The molecule has 0 saturated carbocycles. The third-order valence-electron chi connectivity index (χ3n) is 9.34. The zero-order chi connectivity index (χ0) is 33.0. The van der Waals surface area contributed by atoms with Gasteiger partial charge in [0.2, 0.25) is 0 Å². The van der Waals surface area contributed by atoms with E-state index in [9.17, 15) is 0 Å². The average molecular weight is 642 g/mol. The molecule has 5 heteroatoms. The van der Waals surface area contributed by atoms with Crippen LogP contribution in [0.2, 0.25) is 0 Å². The molecule has 10 aromatic rings. The third kappa shape index (κ3) is 4.83. The quantitative estimate of drug-likeness (QED) is 0.187. The van der Waals surface area contributed by atoms with E-state index in [0.717, 1.165) is 77.3 Å². The highest BCUT2D eigenvalue weighted by atomic mass is 16.3. The average Bonchev–Trinajstić information content (AvgIpc) is 3.74. The molecule has 0 aliphatic carbocycles. The molecule has 3 aromatic heterocycles. The predicted molar refractivity (Wildman–Crippen MR) is 202 cm³/mol. The van der Waals surface area contributed by atoms with Crippen molar-refractivity contribution in [1.82, 2.24) is 15.0 Å². The summed E-state index contributed by atoms with van der Waals surface area (Å²) in [4.78, 5) is 14.9. The molecule has 0 fully saturated rings. The van der Waals surface area contributed by atoms with Gasteiger partial charge in [-0.2, -0.15) is 0 Å². The van der Waals surface area contributed by atoms with Crippen LogP contribution in [0.1, 0.15) is 0 Å². The molecule has 0 bridgehead atoms. The molecule has 0 radical (unpaired) electrons. The molecule has 0 aliphatic rings. The molecule has 7 aromatic carbocycles. The second kappa shape index (κ2) is 11.4. The second-order valence-corrected chi connectivity index (χ2v) is 12.5. The highest BCUT2D eigenvalue weighted by Crippen LogP contribution is 2.38. The van der Waals surface area contributed by atoms with Crippen molar-refractivity contribution < 1.29 is 8.83 Å². The van der Waals surface area contributed by atoms with E-state index in [-0.39, 0.29) is 0 Å². The van der Waals surface area contributed by atoms with Crippen molar-refractivity contribution in [2.75, 3.05) is 0 Å². The molecular weight excluding hydrogens is 615 g/mol. The molecule has 0 saturated heterocycles. The summed E-state index contributed by atoms with van der Waals surface area (Å²) in [6, 6.07) is 55.9. The number of nitrogens with zero attached hydrogens (tertiary/aromatic N) is 3. The number of benzene rings is 7. The lowest BCUT2D eigenvalue weighted by molar-refractivity contribution is 0.656. The molecule has 0 atom stereocenters. The molecule has 0 N–H and O–H groups in total. The van der Waals surface area contributed by atoms with Crippen LogP contribution in [0.4, 0.5) is 0 Å². The molecular formula is C45H27N3O2. The third-order valence-corrected chi connectivity index (χ3v) is 9.34. The van der Waals surface area contributed by atoms with Gasteiger partial charge in [0, 0.05) is 44.3 Å². The predicted octanol–water partition coefficient (Wildman–Crippen LogP) is 12.0. The number of hydrogen-bond acceptors (Lipinski definition) is 5. The van der Waals surface area contributed by atoms with E-state index in [2.05, 4.69) is 97.1 Å². The van der Waals surface area contributed by atoms with E-state index < -0.39 is 0 Å². The fourth-order valence-corrected chi connectivity index (χ4v) is 6.81. The lowest BCUT2D eigenvalue weighted by atomic mass is 10.0. The van der Waals surface area contributed by atoms with Crippen molar-refractivity contribution >= 4 is 43.9 Å². The second-order valence-electron chi connectivity index (χ2n) is 12.5. The van der Waals surface area contributed by atoms with Crippen molar-refractivity contribution in [1.29, 1.82) is 0 Å². The van der Waals surface area contributed by atoms with Gasteiger partial charge in [-0.15, -0.1) is 0 Å². The molecule has 50 heavy (non-hydrogen) atoms. The maximum absolute atomic E-state index is 6.41. The van der Waals surface area contributed by atoms with Gasteiger partial charge in [0.25, 0.3) is 0 Å². The van der Waals surface area contributed by atoms with Crippen LogP contribution >= 0.6 is 0 Å². The monoisotopic (exact) mass is 641 g/mol. The number of furan rings is 2. The Morgan fingerprint density at radius 3 is 1.46 bits per heavy atom. The van der Waals surface area contributed by atoms with Crippen LogP contribution in [0.15, 0.2) is 173 Å². The number of aromatic nitrogens is 3. The Hall–Kier alpha value is -6.85. The summed E-state index contributed by atoms with van der Waals surface area (Å²) in [7, 11) is 0. The topological polar surface area (TPSA) is 65.0 Å². The Morgan fingerprint density at radius 2 is 0.720 bits per heavy atom. The van der Waals surface area contributed by atoms with Crippen molar-refractivity contribution in [2.45, 2.75) is 0 Å². The molecule has 234 valence electrons. The maximum Gasteiger partial charge on any atom is 0.164 e. The standard InChI is InChI=1S/C45H27N3O2/c1-3-10-28(11-4-1)29-18-20-31(21-19-29)44-46-43(30-12-5-2-6-13-30)47-45(48-44)34-15-9-14-32(24-34)33-22-23-36-38-26-37-35-16-7-8-17-39(35)49-41(37)27-42(38)50-40(36)25-33/h1-27H. The number of rotatable bonds is 5. The van der Waals surface area contributed by atoms with Crippen molar-refractivity contribution in [3.05, 3.63) is 164 Å². The summed E-state index contributed by atoms with van der Waals surface area (Å²) in [6.45, 7) is 0. The molecule has 0 spiro atoms. The van der Waals surface area contributed by atoms with Crippen molar-refractivity contribution in [2.24, 2.45) is 0 Å². The lowest BCUT2D eigenvalue weighted by Gasteiger charge is -2.10. The minimum Gasteiger partial charge on any atom is -0.456 e. The van der Waals surface area contributed by atoms with E-state index in [1.165, 1.54) is 5.56 Å². The van der Waals surface area contributed by atoms with Crippen LogP contribution in [0.5, 0.6) is 0 Å². The van der Waals surface area contributed by atoms with Gasteiger partial charge < -0.3 is 8.83 Å². The normalized spacial score (nSPS) is 11.6. The largest absolute Gasteiger partial charge is 0.456 e. The summed E-state index contributed by atoms with van der Waals surface area (Å²) in [6.07, 6.45) is 0. The minimum absolute atomic E-state index is 0.613. The Morgan fingerprint density at radius 1 is 0.260 bits per heavy atom. The van der Waals surface area contributed by atoms with Gasteiger partial charge in [0.05, 0.1) is 0 Å². The fraction of sp³-hybridized carbons (Fsp3) is 0. The van der Waals surface area contributed by atoms with Gasteiger partial charge in [0.1, 0.15) is 22.3 Å². The number of para-hydroxylation sites is 1. The van der Waals surface area contributed by atoms with Crippen LogP contribution in [-0.4, -0.2) is 15.0 Å². The summed E-state index contributed by atoms with van der Waals surface area (Å²) in [5.74, 6) is 1.87. The van der Waals surface area contributed by atoms with Crippen LogP contribution < -0.4 is 0 Å². The first kappa shape index (κ1) is 28.2. The molecule has 10 rings (SSSR count). The highest BCUT2D eigenvalue weighted by molar-refractivity contribution is 6.15. The first-order valence-corrected chi connectivity index (χ1v) is 16.6. The Labute approximate surface area is 287 Å².